The summed E-state index contributed by atoms with van der Waals surface area (Å²) in [5.74, 6) is 0.985. The summed E-state index contributed by atoms with van der Waals surface area (Å²) in [6.07, 6.45) is 2.42. The van der Waals surface area contributed by atoms with Crippen molar-refractivity contribution in [2.75, 3.05) is 13.3 Å². The van der Waals surface area contributed by atoms with E-state index in [1.807, 2.05) is 6.07 Å². The number of nitrogens with zero attached hydrogens (tertiary/aromatic N) is 1. The van der Waals surface area contributed by atoms with E-state index in [0.717, 1.165) is 5.56 Å². The Bertz CT molecular complexity index is 1070. The van der Waals surface area contributed by atoms with Crippen molar-refractivity contribution in [2.24, 2.45) is 5.73 Å². The molecule has 4 rings (SSSR count). The fourth-order valence-electron chi connectivity index (χ4n) is 3.36. The maximum atomic E-state index is 12.5. The molecule has 0 spiro atoms. The number of ether oxygens (including phenoxy) is 2. The van der Waals surface area contributed by atoms with Crippen LogP contribution < -0.4 is 20.5 Å². The molecule has 29 heavy (non-hydrogen) atoms. The van der Waals surface area contributed by atoms with Crippen LogP contribution in [0, 0.1) is 0 Å². The molecule has 1 aromatic heterocycles. The fraction of sp³-hybridized carbons (Fsp3) is 0.238. The van der Waals surface area contributed by atoms with E-state index >= 15 is 0 Å². The van der Waals surface area contributed by atoms with Gasteiger partial charge >= 0.3 is 0 Å². The lowest BCUT2D eigenvalue weighted by Gasteiger charge is -2.22. The second-order valence-corrected chi connectivity index (χ2v) is 7.11. The topological polar surface area (TPSA) is 107 Å². The highest BCUT2D eigenvalue weighted by Gasteiger charge is 2.25. The third-order valence-electron chi connectivity index (χ3n) is 4.80. The fourth-order valence-corrected chi connectivity index (χ4v) is 3.63. The molecule has 0 saturated carbocycles. The Morgan fingerprint density at radius 1 is 1.28 bits per heavy atom. The van der Waals surface area contributed by atoms with Crippen LogP contribution in [0.4, 0.5) is 0 Å². The molecule has 2 heterocycles. The zero-order valence-electron chi connectivity index (χ0n) is 15.5. The number of phenols is 1. The van der Waals surface area contributed by atoms with Gasteiger partial charge in [0.05, 0.1) is 11.1 Å². The lowest BCUT2D eigenvalue weighted by molar-refractivity contribution is -0.121. The molecule has 1 aliphatic heterocycles. The number of aromatic nitrogens is 1. The molecule has 150 valence electrons. The summed E-state index contributed by atoms with van der Waals surface area (Å²) in [5.41, 5.74) is 7.06. The van der Waals surface area contributed by atoms with Gasteiger partial charge in [0.15, 0.2) is 11.5 Å². The van der Waals surface area contributed by atoms with Gasteiger partial charge in [-0.05, 0) is 48.9 Å². The molecular formula is C21H20ClN3O4. The predicted octanol–water partition coefficient (Wildman–Crippen LogP) is 3.27. The quantitative estimate of drug-likeness (QED) is 0.572. The minimum atomic E-state index is -0.654. The molecule has 0 saturated heterocycles. The number of carbonyl (C=O) groups is 1. The molecule has 0 aliphatic carbocycles. The van der Waals surface area contributed by atoms with Crippen molar-refractivity contribution in [2.45, 2.75) is 18.9 Å². The number of pyridine rings is 1. The zero-order valence-corrected chi connectivity index (χ0v) is 16.3. The van der Waals surface area contributed by atoms with Crippen molar-refractivity contribution in [3.63, 3.8) is 0 Å². The van der Waals surface area contributed by atoms with Crippen LogP contribution in [0.5, 0.6) is 17.2 Å². The highest BCUT2D eigenvalue weighted by molar-refractivity contribution is 6.35. The second kappa shape index (κ2) is 8.14. The van der Waals surface area contributed by atoms with E-state index in [9.17, 15) is 9.90 Å². The van der Waals surface area contributed by atoms with Crippen LogP contribution in [0.2, 0.25) is 5.02 Å². The van der Waals surface area contributed by atoms with Crippen molar-refractivity contribution in [1.29, 1.82) is 0 Å². The molecule has 1 atom stereocenters. The number of hydrogen-bond donors (Lipinski definition) is 3. The van der Waals surface area contributed by atoms with Crippen LogP contribution in [0.1, 0.15) is 30.0 Å². The number of fused-ring (bicyclic) bond motifs is 2. The molecule has 0 radical (unpaired) electrons. The van der Waals surface area contributed by atoms with E-state index in [-0.39, 0.29) is 24.9 Å². The zero-order chi connectivity index (χ0) is 20.4. The third-order valence-corrected chi connectivity index (χ3v) is 5.11. The molecule has 1 unspecified atom stereocenters. The van der Waals surface area contributed by atoms with Gasteiger partial charge in [-0.3, -0.25) is 9.78 Å². The van der Waals surface area contributed by atoms with Crippen LogP contribution >= 0.6 is 11.6 Å². The van der Waals surface area contributed by atoms with Crippen molar-refractivity contribution < 1.29 is 19.4 Å². The number of hydrogen-bond acceptors (Lipinski definition) is 6. The van der Waals surface area contributed by atoms with E-state index in [1.165, 1.54) is 0 Å². The number of halogens is 1. The van der Waals surface area contributed by atoms with E-state index in [4.69, 9.17) is 26.8 Å². The minimum Gasteiger partial charge on any atom is -0.505 e. The van der Waals surface area contributed by atoms with Crippen LogP contribution in [0.15, 0.2) is 42.6 Å². The summed E-state index contributed by atoms with van der Waals surface area (Å²) in [6, 6.07) is 9.90. The predicted molar refractivity (Wildman–Crippen MR) is 109 cm³/mol. The van der Waals surface area contributed by atoms with Gasteiger partial charge in [-0.25, -0.2) is 0 Å². The highest BCUT2D eigenvalue weighted by Crippen LogP contribution is 2.41. The Morgan fingerprint density at radius 3 is 2.93 bits per heavy atom. The third kappa shape index (κ3) is 3.79. The molecule has 3 aromatic rings. The summed E-state index contributed by atoms with van der Waals surface area (Å²) in [7, 11) is 0. The summed E-state index contributed by atoms with van der Waals surface area (Å²) < 4.78 is 10.8. The number of amides is 1. The molecule has 0 fully saturated rings. The molecule has 7 nitrogen and oxygen atoms in total. The molecular weight excluding hydrogens is 394 g/mol. The smallest absolute Gasteiger partial charge is 0.231 e. The van der Waals surface area contributed by atoms with Crippen molar-refractivity contribution in [3.8, 4) is 17.2 Å². The summed E-state index contributed by atoms with van der Waals surface area (Å²) in [4.78, 5) is 16.8. The second-order valence-electron chi connectivity index (χ2n) is 6.70. The van der Waals surface area contributed by atoms with E-state index in [1.54, 1.807) is 36.5 Å². The van der Waals surface area contributed by atoms with Gasteiger partial charge in [-0.15, -0.1) is 0 Å². The number of nitrogens with one attached hydrogen (secondary N) is 1. The standard InChI is InChI=1S/C21H20ClN3O4/c22-15-10-14(21(27)20-13(15)3-2-8-24-20)19(25-18(26)4-1-7-23)12-5-6-16-17(9-12)29-11-28-16/h2-3,5-6,8-10,19,27H,1,4,7,11,23H2,(H,25,26). The molecule has 4 N–H and O–H groups in total. The average Bonchev–Trinajstić information content (AvgIpc) is 3.21. The molecule has 1 aliphatic rings. The van der Waals surface area contributed by atoms with Gasteiger partial charge in [-0.1, -0.05) is 17.7 Å². The Morgan fingerprint density at radius 2 is 2.10 bits per heavy atom. The number of benzene rings is 2. The molecule has 2 aromatic carbocycles. The van der Waals surface area contributed by atoms with Crippen molar-refractivity contribution in [3.05, 3.63) is 58.7 Å². The Labute approximate surface area is 172 Å². The summed E-state index contributed by atoms with van der Waals surface area (Å²) in [6.45, 7) is 0.558. The summed E-state index contributed by atoms with van der Waals surface area (Å²) >= 11 is 6.45. The van der Waals surface area contributed by atoms with E-state index in [2.05, 4.69) is 10.3 Å². The Balaban J connectivity index is 1.81. The van der Waals surface area contributed by atoms with Crippen molar-refractivity contribution >= 4 is 28.4 Å². The SMILES string of the molecule is NCCCC(=O)NC(c1ccc2c(c1)OCO2)c1cc(Cl)c2cccnc2c1O. The van der Waals surface area contributed by atoms with Gasteiger partial charge in [0.2, 0.25) is 12.7 Å². The average molecular weight is 414 g/mol. The maximum absolute atomic E-state index is 12.5. The van der Waals surface area contributed by atoms with Gasteiger partial charge in [0.1, 0.15) is 11.3 Å². The van der Waals surface area contributed by atoms with Crippen LogP contribution in [0.25, 0.3) is 10.9 Å². The van der Waals surface area contributed by atoms with Gasteiger partial charge in [0.25, 0.3) is 0 Å². The number of nitrogens with two attached hydrogens (primary N) is 1. The molecule has 1 amide bonds. The lowest BCUT2D eigenvalue weighted by atomic mass is 9.95. The van der Waals surface area contributed by atoms with Crippen LogP contribution in [-0.2, 0) is 4.79 Å². The normalized spacial score (nSPS) is 13.4. The van der Waals surface area contributed by atoms with E-state index in [0.29, 0.717) is 46.0 Å². The first-order valence-corrected chi connectivity index (χ1v) is 9.61. The van der Waals surface area contributed by atoms with Gasteiger partial charge < -0.3 is 25.6 Å². The van der Waals surface area contributed by atoms with Crippen LogP contribution in [-0.4, -0.2) is 29.3 Å². The van der Waals surface area contributed by atoms with Gasteiger partial charge in [-0.2, -0.15) is 0 Å². The maximum Gasteiger partial charge on any atom is 0.231 e. The largest absolute Gasteiger partial charge is 0.505 e. The Hall–Kier alpha value is -3.03. The molecule has 8 heteroatoms. The monoisotopic (exact) mass is 413 g/mol. The lowest BCUT2D eigenvalue weighted by Crippen LogP contribution is -2.29. The number of phenolic OH excluding ortho intramolecular Hbond substituents is 1. The first-order valence-electron chi connectivity index (χ1n) is 9.23. The first-order chi connectivity index (χ1) is 14.1. The highest BCUT2D eigenvalue weighted by atomic mass is 35.5. The Kier molecular flexibility index (Phi) is 5.42. The van der Waals surface area contributed by atoms with Crippen molar-refractivity contribution in [1.82, 2.24) is 10.3 Å². The number of rotatable bonds is 6. The van der Waals surface area contributed by atoms with Gasteiger partial charge in [0, 0.05) is 23.6 Å². The number of carbonyl (C=O) groups excluding carboxylic acids is 1. The first kappa shape index (κ1) is 19.3. The van der Waals surface area contributed by atoms with E-state index < -0.39 is 6.04 Å². The minimum absolute atomic E-state index is 0.0354. The molecule has 0 bridgehead atoms. The van der Waals surface area contributed by atoms with Crippen LogP contribution in [0.3, 0.4) is 0 Å². The number of aromatic hydroxyl groups is 1. The summed E-state index contributed by atoms with van der Waals surface area (Å²) in [5, 5.41) is 15.0.